The van der Waals surface area contributed by atoms with E-state index in [2.05, 4.69) is 10.6 Å². The molecule has 0 aliphatic rings. The molecular weight excluding hydrogens is 381 g/mol. The van der Waals surface area contributed by atoms with Crippen LogP contribution in [0.4, 0.5) is 24.5 Å². The molecule has 0 aromatic heterocycles. The molecule has 0 aliphatic heterocycles. The summed E-state index contributed by atoms with van der Waals surface area (Å²) in [4.78, 5) is 24.5. The van der Waals surface area contributed by atoms with Gasteiger partial charge in [0, 0.05) is 16.8 Å². The van der Waals surface area contributed by atoms with E-state index >= 15 is 0 Å². The van der Waals surface area contributed by atoms with Crippen molar-refractivity contribution >= 4 is 23.2 Å². The highest BCUT2D eigenvalue weighted by Gasteiger charge is 2.16. The first-order valence-corrected chi connectivity index (χ1v) is 8.84. The lowest BCUT2D eigenvalue weighted by Gasteiger charge is -2.09. The van der Waals surface area contributed by atoms with E-state index in [9.17, 15) is 22.8 Å². The van der Waals surface area contributed by atoms with Crippen LogP contribution in [-0.2, 0) is 6.42 Å². The smallest absolute Gasteiger partial charge is 0.255 e. The molecule has 0 fully saturated rings. The van der Waals surface area contributed by atoms with E-state index < -0.39 is 29.0 Å². The lowest BCUT2D eigenvalue weighted by Crippen LogP contribution is -2.15. The van der Waals surface area contributed by atoms with Crippen molar-refractivity contribution < 1.29 is 22.8 Å². The molecule has 0 unspecified atom stereocenters. The van der Waals surface area contributed by atoms with Crippen molar-refractivity contribution in [3.8, 4) is 0 Å². The van der Waals surface area contributed by atoms with Gasteiger partial charge in [0.05, 0.1) is 5.69 Å². The molecule has 0 saturated carbocycles. The van der Waals surface area contributed by atoms with Crippen LogP contribution in [0.25, 0.3) is 0 Å². The minimum absolute atomic E-state index is 0.123. The third-order valence-electron chi connectivity index (χ3n) is 4.31. The first kappa shape index (κ1) is 20.1. The molecule has 148 valence electrons. The highest BCUT2D eigenvalue weighted by molar-refractivity contribution is 6.07. The Morgan fingerprint density at radius 1 is 0.724 bits per heavy atom. The number of benzene rings is 3. The van der Waals surface area contributed by atoms with Crippen LogP contribution >= 0.6 is 0 Å². The number of hydrogen-bond acceptors (Lipinski definition) is 2. The van der Waals surface area contributed by atoms with Gasteiger partial charge in [0.25, 0.3) is 11.8 Å². The number of rotatable bonds is 5. The average Bonchev–Trinajstić information content (AvgIpc) is 2.74. The van der Waals surface area contributed by atoms with E-state index in [1.807, 2.05) is 19.1 Å². The van der Waals surface area contributed by atoms with Gasteiger partial charge in [-0.15, -0.1) is 0 Å². The number of halogens is 3. The van der Waals surface area contributed by atoms with Gasteiger partial charge in [-0.3, -0.25) is 9.59 Å². The zero-order valence-electron chi connectivity index (χ0n) is 15.4. The lowest BCUT2D eigenvalue weighted by atomic mass is 10.1. The Hall–Kier alpha value is -3.61. The summed E-state index contributed by atoms with van der Waals surface area (Å²) >= 11 is 0. The van der Waals surface area contributed by atoms with Crippen molar-refractivity contribution in [1.29, 1.82) is 0 Å². The normalized spacial score (nSPS) is 10.5. The molecular formula is C22H17F3N2O2. The maximum atomic E-state index is 13.7. The number of nitrogens with one attached hydrogen (secondary N) is 2. The van der Waals surface area contributed by atoms with Crippen LogP contribution in [0.2, 0.25) is 0 Å². The van der Waals surface area contributed by atoms with Gasteiger partial charge in [0.2, 0.25) is 0 Å². The van der Waals surface area contributed by atoms with E-state index in [0.29, 0.717) is 17.3 Å². The van der Waals surface area contributed by atoms with Crippen molar-refractivity contribution in [2.45, 2.75) is 13.3 Å². The Balaban J connectivity index is 1.68. The molecule has 0 atom stereocenters. The maximum absolute atomic E-state index is 13.7. The molecule has 29 heavy (non-hydrogen) atoms. The minimum atomic E-state index is -1.67. The van der Waals surface area contributed by atoms with E-state index in [1.54, 1.807) is 12.1 Å². The molecule has 0 aliphatic carbocycles. The second kappa shape index (κ2) is 8.60. The van der Waals surface area contributed by atoms with Crippen LogP contribution < -0.4 is 10.6 Å². The quantitative estimate of drug-likeness (QED) is 0.583. The molecule has 2 N–H and O–H groups in total. The molecule has 3 aromatic carbocycles. The van der Waals surface area contributed by atoms with E-state index in [0.717, 1.165) is 18.1 Å². The highest BCUT2D eigenvalue weighted by Crippen LogP contribution is 2.20. The monoisotopic (exact) mass is 398 g/mol. The fourth-order valence-electron chi connectivity index (χ4n) is 2.62. The largest absolute Gasteiger partial charge is 0.322 e. The summed E-state index contributed by atoms with van der Waals surface area (Å²) < 4.78 is 39.9. The van der Waals surface area contributed by atoms with E-state index in [-0.39, 0.29) is 11.5 Å². The topological polar surface area (TPSA) is 58.2 Å². The van der Waals surface area contributed by atoms with Crippen molar-refractivity contribution in [3.05, 3.63) is 94.8 Å². The molecule has 0 radical (unpaired) electrons. The summed E-state index contributed by atoms with van der Waals surface area (Å²) in [5.74, 6) is -5.57. The van der Waals surface area contributed by atoms with E-state index in [4.69, 9.17) is 0 Å². The standard InChI is InChI=1S/C22H17F3N2O2/c1-2-13-3-9-16(10-4-13)26-21(28)14-5-7-15(8-6-14)22(29)27-18-12-11-17(23)19(24)20(18)25/h3-12H,2H2,1H3,(H,26,28)(H,27,29). The predicted octanol–water partition coefficient (Wildman–Crippen LogP) is 5.17. The minimum Gasteiger partial charge on any atom is -0.322 e. The van der Waals surface area contributed by atoms with Crippen LogP contribution in [0.3, 0.4) is 0 Å². The zero-order chi connectivity index (χ0) is 21.0. The maximum Gasteiger partial charge on any atom is 0.255 e. The number of carbonyl (C=O) groups is 2. The summed E-state index contributed by atoms with van der Waals surface area (Å²) in [7, 11) is 0. The molecule has 0 bridgehead atoms. The molecule has 2 amide bonds. The molecule has 0 heterocycles. The summed E-state index contributed by atoms with van der Waals surface area (Å²) in [6, 6.07) is 14.7. The number of hydrogen-bond donors (Lipinski definition) is 2. The Kier molecular flexibility index (Phi) is 5.97. The van der Waals surface area contributed by atoms with Gasteiger partial charge in [-0.2, -0.15) is 0 Å². The van der Waals surface area contributed by atoms with E-state index in [1.165, 1.54) is 24.3 Å². The number of amides is 2. The second-order valence-electron chi connectivity index (χ2n) is 6.26. The summed E-state index contributed by atoms with van der Waals surface area (Å²) in [6.45, 7) is 2.03. The first-order chi connectivity index (χ1) is 13.9. The predicted molar refractivity (Wildman–Crippen MR) is 104 cm³/mol. The SMILES string of the molecule is CCc1ccc(NC(=O)c2ccc(C(=O)Nc3ccc(F)c(F)c3F)cc2)cc1. The fourth-order valence-corrected chi connectivity index (χ4v) is 2.62. The van der Waals surface area contributed by atoms with Gasteiger partial charge < -0.3 is 10.6 Å². The van der Waals surface area contributed by atoms with Crippen molar-refractivity contribution in [1.82, 2.24) is 0 Å². The number of carbonyl (C=O) groups excluding carboxylic acids is 2. The Morgan fingerprint density at radius 2 is 1.28 bits per heavy atom. The van der Waals surface area contributed by atoms with Crippen LogP contribution in [0.5, 0.6) is 0 Å². The Labute approximate surface area is 165 Å². The van der Waals surface area contributed by atoms with Crippen molar-refractivity contribution in [2.24, 2.45) is 0 Å². The Morgan fingerprint density at radius 3 is 1.83 bits per heavy atom. The van der Waals surface area contributed by atoms with Gasteiger partial charge in [-0.1, -0.05) is 19.1 Å². The molecule has 4 nitrogen and oxygen atoms in total. The number of aryl methyl sites for hydroxylation is 1. The first-order valence-electron chi connectivity index (χ1n) is 8.84. The molecule has 0 spiro atoms. The highest BCUT2D eigenvalue weighted by atomic mass is 19.2. The fraction of sp³-hybridized carbons (Fsp3) is 0.0909. The van der Waals surface area contributed by atoms with Gasteiger partial charge in [-0.05, 0) is 60.5 Å². The second-order valence-corrected chi connectivity index (χ2v) is 6.26. The lowest BCUT2D eigenvalue weighted by molar-refractivity contribution is 0.101. The van der Waals surface area contributed by atoms with Gasteiger partial charge in [-0.25, -0.2) is 13.2 Å². The van der Waals surface area contributed by atoms with Gasteiger partial charge in [0.15, 0.2) is 17.5 Å². The Bertz CT molecular complexity index is 1050. The molecule has 0 saturated heterocycles. The zero-order valence-corrected chi connectivity index (χ0v) is 15.4. The van der Waals surface area contributed by atoms with Crippen LogP contribution in [0, 0.1) is 17.5 Å². The summed E-state index contributed by atoms with van der Waals surface area (Å²) in [5.41, 5.74) is 1.75. The summed E-state index contributed by atoms with van der Waals surface area (Å²) in [6.07, 6.45) is 0.895. The third kappa shape index (κ3) is 4.63. The van der Waals surface area contributed by atoms with Crippen LogP contribution in [-0.4, -0.2) is 11.8 Å². The third-order valence-corrected chi connectivity index (χ3v) is 4.31. The van der Waals surface area contributed by atoms with Crippen molar-refractivity contribution in [3.63, 3.8) is 0 Å². The molecule has 7 heteroatoms. The summed E-state index contributed by atoms with van der Waals surface area (Å²) in [5, 5.41) is 4.92. The van der Waals surface area contributed by atoms with Crippen molar-refractivity contribution in [2.75, 3.05) is 10.6 Å². The molecule has 3 aromatic rings. The van der Waals surface area contributed by atoms with Gasteiger partial charge in [0.1, 0.15) is 0 Å². The molecule has 3 rings (SSSR count). The van der Waals surface area contributed by atoms with Gasteiger partial charge >= 0.3 is 0 Å². The van der Waals surface area contributed by atoms with Crippen LogP contribution in [0.1, 0.15) is 33.2 Å². The average molecular weight is 398 g/mol. The number of anilines is 2. The van der Waals surface area contributed by atoms with Crippen LogP contribution in [0.15, 0.2) is 60.7 Å².